The number of imide groups is 2. The lowest BCUT2D eigenvalue weighted by atomic mass is 10.2. The maximum Gasteiger partial charge on any atom is 0.242 e. The topological polar surface area (TPSA) is 187 Å². The zero-order chi connectivity index (χ0) is 23.8. The molecule has 2 fully saturated rings. The van der Waals surface area contributed by atoms with Crippen LogP contribution in [0.3, 0.4) is 0 Å². The van der Waals surface area contributed by atoms with E-state index in [0.717, 1.165) is 0 Å². The number of likely N-dealkylation sites (tertiary alicyclic amines) is 2. The molecule has 6 N–H and O–H groups in total. The predicted octanol–water partition coefficient (Wildman–Crippen LogP) is -2.13. The van der Waals surface area contributed by atoms with Crippen molar-refractivity contribution in [2.24, 2.45) is 17.2 Å². The van der Waals surface area contributed by atoms with Crippen molar-refractivity contribution in [3.8, 4) is 0 Å². The molecule has 4 amide bonds. The number of aldehydes is 1. The average molecular weight is 488 g/mol. The second-order valence-corrected chi connectivity index (χ2v) is 10.1. The second-order valence-electron chi connectivity index (χ2n) is 7.60. The third-order valence-corrected chi connectivity index (χ3v) is 7.85. The van der Waals surface area contributed by atoms with Crippen molar-refractivity contribution in [1.82, 2.24) is 9.80 Å². The molecule has 178 valence electrons. The maximum atomic E-state index is 12.5. The Labute approximate surface area is 194 Å². The van der Waals surface area contributed by atoms with Crippen LogP contribution in [-0.2, 0) is 28.8 Å². The van der Waals surface area contributed by atoms with Crippen LogP contribution in [-0.4, -0.2) is 99.2 Å². The first-order chi connectivity index (χ1) is 15.2. The molecule has 2 aliphatic rings. The van der Waals surface area contributed by atoms with Gasteiger partial charge in [0, 0.05) is 37.4 Å². The number of thioether (sulfide) groups is 2. The summed E-state index contributed by atoms with van der Waals surface area (Å²) >= 11 is 2.37. The summed E-state index contributed by atoms with van der Waals surface area (Å²) in [4.78, 5) is 73.6. The fourth-order valence-corrected chi connectivity index (χ4v) is 5.53. The largest absolute Gasteiger partial charge is 0.324 e. The molecule has 2 rings (SSSR count). The first-order valence-corrected chi connectivity index (χ1v) is 12.4. The van der Waals surface area contributed by atoms with Crippen LogP contribution >= 0.6 is 23.5 Å². The Morgan fingerprint density at radius 3 is 1.84 bits per heavy atom. The van der Waals surface area contributed by atoms with Gasteiger partial charge >= 0.3 is 0 Å². The van der Waals surface area contributed by atoms with Gasteiger partial charge in [-0.05, 0) is 12.8 Å². The zero-order valence-corrected chi connectivity index (χ0v) is 19.3. The van der Waals surface area contributed by atoms with Gasteiger partial charge in [0.2, 0.25) is 23.6 Å². The summed E-state index contributed by atoms with van der Waals surface area (Å²) in [6.45, 7) is 0.239. The Balaban J connectivity index is 1.74. The lowest BCUT2D eigenvalue weighted by Crippen LogP contribution is -2.38. The molecule has 2 saturated heterocycles. The van der Waals surface area contributed by atoms with E-state index in [1.807, 2.05) is 0 Å². The number of carbonyl (C=O) groups is 6. The minimum absolute atomic E-state index is 0.0535. The van der Waals surface area contributed by atoms with Gasteiger partial charge in [-0.3, -0.25) is 33.8 Å². The Bertz CT molecular complexity index is 766. The first kappa shape index (κ1) is 26.5. The Morgan fingerprint density at radius 2 is 1.41 bits per heavy atom. The van der Waals surface area contributed by atoms with E-state index >= 15 is 0 Å². The number of nitrogens with two attached hydrogens (primary N) is 3. The van der Waals surface area contributed by atoms with Crippen LogP contribution in [0.4, 0.5) is 0 Å². The van der Waals surface area contributed by atoms with Gasteiger partial charge in [-0.15, -0.1) is 23.5 Å². The van der Waals surface area contributed by atoms with Gasteiger partial charge < -0.3 is 22.0 Å². The van der Waals surface area contributed by atoms with Gasteiger partial charge in [0.15, 0.2) is 5.78 Å². The number of amides is 4. The van der Waals surface area contributed by atoms with Gasteiger partial charge in [0.25, 0.3) is 0 Å². The molecule has 4 unspecified atom stereocenters. The third kappa shape index (κ3) is 6.85. The molecule has 0 bridgehead atoms. The number of rotatable bonds is 14. The van der Waals surface area contributed by atoms with Gasteiger partial charge in [-0.25, -0.2) is 0 Å². The van der Waals surface area contributed by atoms with Crippen LogP contribution in [0.1, 0.15) is 25.7 Å². The molecule has 0 aromatic rings. The molecule has 0 aromatic carbocycles. The fourth-order valence-electron chi connectivity index (χ4n) is 3.31. The van der Waals surface area contributed by atoms with Crippen molar-refractivity contribution in [3.63, 3.8) is 0 Å². The summed E-state index contributed by atoms with van der Waals surface area (Å²) in [5, 5.41) is -1.11. The van der Waals surface area contributed by atoms with E-state index in [2.05, 4.69) is 0 Å². The van der Waals surface area contributed by atoms with Crippen molar-refractivity contribution in [1.29, 1.82) is 0 Å². The summed E-state index contributed by atoms with van der Waals surface area (Å²) in [6.07, 6.45) is 1.63. The highest BCUT2D eigenvalue weighted by Gasteiger charge is 2.40. The van der Waals surface area contributed by atoms with E-state index in [-0.39, 0.29) is 73.4 Å². The number of hydrogen-bond acceptors (Lipinski definition) is 11. The molecular formula is C19H29N5O6S2. The second kappa shape index (κ2) is 12.4. The number of hydrogen-bond donors (Lipinski definition) is 3. The van der Waals surface area contributed by atoms with Gasteiger partial charge in [-0.2, -0.15) is 0 Å². The van der Waals surface area contributed by atoms with E-state index < -0.39 is 22.6 Å². The van der Waals surface area contributed by atoms with Gasteiger partial charge in [0.05, 0.1) is 29.1 Å². The van der Waals surface area contributed by atoms with Crippen molar-refractivity contribution in [3.05, 3.63) is 0 Å². The van der Waals surface area contributed by atoms with Crippen LogP contribution in [0, 0.1) is 0 Å². The number of ketones is 1. The number of nitrogens with zero attached hydrogens (tertiary/aromatic N) is 2. The summed E-state index contributed by atoms with van der Waals surface area (Å²) in [7, 11) is 0. The van der Waals surface area contributed by atoms with Crippen molar-refractivity contribution < 1.29 is 28.8 Å². The van der Waals surface area contributed by atoms with Crippen LogP contribution in [0.25, 0.3) is 0 Å². The Kier molecular flexibility index (Phi) is 10.3. The van der Waals surface area contributed by atoms with Gasteiger partial charge in [-0.1, -0.05) is 0 Å². The number of Topliss-reactive ketones (excluding diaryl/α,β-unsaturated/α-hetero) is 1. The molecule has 13 heteroatoms. The van der Waals surface area contributed by atoms with Crippen LogP contribution in [0.5, 0.6) is 0 Å². The standard InChI is InChI=1S/C19H29N5O6S2/c20-7-13(26)12(22)10-32-15-6-17(28)24(19(15)30)4-2-1-3-23-16(27)5-14(18(23)29)31-9-11(21)8-25/h8,11-12,14-15H,1-7,9-10,20-22H2. The number of carbonyl (C=O) groups excluding carboxylic acids is 6. The monoisotopic (exact) mass is 487 g/mol. The highest BCUT2D eigenvalue weighted by molar-refractivity contribution is 8.01. The molecule has 4 atom stereocenters. The van der Waals surface area contributed by atoms with Crippen molar-refractivity contribution in [2.75, 3.05) is 31.1 Å². The predicted molar refractivity (Wildman–Crippen MR) is 120 cm³/mol. The molecule has 0 radical (unpaired) electrons. The molecule has 0 spiro atoms. The lowest BCUT2D eigenvalue weighted by molar-refractivity contribution is -0.140. The smallest absolute Gasteiger partial charge is 0.242 e. The normalized spacial score (nSPS) is 23.2. The summed E-state index contributed by atoms with van der Waals surface area (Å²) in [5.74, 6) is -1.00. The number of unbranched alkanes of at least 4 members (excludes halogenated alkanes) is 1. The summed E-state index contributed by atoms with van der Waals surface area (Å²) in [6, 6.07) is -1.44. The highest BCUT2D eigenvalue weighted by atomic mass is 32.2. The maximum absolute atomic E-state index is 12.5. The minimum atomic E-state index is -0.770. The molecule has 0 aromatic heterocycles. The molecule has 32 heavy (non-hydrogen) atoms. The molecule has 0 aliphatic carbocycles. The lowest BCUT2D eigenvalue weighted by Gasteiger charge is -2.18. The van der Waals surface area contributed by atoms with Gasteiger partial charge in [0.1, 0.15) is 6.29 Å². The molecule has 2 aliphatic heterocycles. The van der Waals surface area contributed by atoms with Crippen molar-refractivity contribution in [2.45, 2.75) is 48.3 Å². The first-order valence-electron chi connectivity index (χ1n) is 10.3. The van der Waals surface area contributed by atoms with E-state index in [0.29, 0.717) is 19.1 Å². The average Bonchev–Trinajstić information content (AvgIpc) is 3.21. The van der Waals surface area contributed by atoms with E-state index in [4.69, 9.17) is 17.2 Å². The van der Waals surface area contributed by atoms with Crippen LogP contribution in [0.15, 0.2) is 0 Å². The molecule has 2 heterocycles. The zero-order valence-electron chi connectivity index (χ0n) is 17.6. The fraction of sp³-hybridized carbons (Fsp3) is 0.684. The Hall–Kier alpha value is -1.80. The molecule has 11 nitrogen and oxygen atoms in total. The SMILES string of the molecule is NCC(=O)C(N)CSC1CC(=O)N(CCCCN2C(=O)CC(SCC(N)C=O)C2=O)C1=O. The van der Waals surface area contributed by atoms with E-state index in [1.165, 1.54) is 33.3 Å². The van der Waals surface area contributed by atoms with Crippen LogP contribution < -0.4 is 17.2 Å². The summed E-state index contributed by atoms with van der Waals surface area (Å²) in [5.41, 5.74) is 16.5. The van der Waals surface area contributed by atoms with Crippen LogP contribution in [0.2, 0.25) is 0 Å². The molecule has 0 saturated carbocycles. The third-order valence-electron chi connectivity index (χ3n) is 5.17. The molecular weight excluding hydrogens is 458 g/mol. The minimum Gasteiger partial charge on any atom is -0.324 e. The Morgan fingerprint density at radius 1 is 0.938 bits per heavy atom. The quantitative estimate of drug-likeness (QED) is 0.138. The van der Waals surface area contributed by atoms with E-state index in [1.54, 1.807) is 0 Å². The highest BCUT2D eigenvalue weighted by Crippen LogP contribution is 2.27. The van der Waals surface area contributed by atoms with E-state index in [9.17, 15) is 28.8 Å². The summed E-state index contributed by atoms with van der Waals surface area (Å²) < 4.78 is 0. The van der Waals surface area contributed by atoms with Crippen molar-refractivity contribution >= 4 is 59.2 Å².